The molecule has 0 fully saturated rings. The van der Waals surface area contributed by atoms with Crippen LogP contribution < -0.4 is 11.1 Å². The fraction of sp³-hybridized carbons (Fsp3) is 0.571. The summed E-state index contributed by atoms with van der Waals surface area (Å²) in [6.45, 7) is 2.32. The highest BCUT2D eigenvalue weighted by atomic mass is 15.3. The van der Waals surface area contributed by atoms with E-state index >= 15 is 0 Å². The summed E-state index contributed by atoms with van der Waals surface area (Å²) in [6, 6.07) is 1.99. The van der Waals surface area contributed by atoms with Gasteiger partial charge >= 0.3 is 0 Å². The van der Waals surface area contributed by atoms with Crippen LogP contribution in [0.15, 0.2) is 12.3 Å². The molecule has 0 spiro atoms. The summed E-state index contributed by atoms with van der Waals surface area (Å²) in [4.78, 5) is 0. The first-order valence-corrected chi connectivity index (χ1v) is 3.72. The highest BCUT2D eigenvalue weighted by Crippen LogP contribution is 1.91. The lowest BCUT2D eigenvalue weighted by molar-refractivity contribution is 0.659. The summed E-state index contributed by atoms with van der Waals surface area (Å²) in [5.74, 6) is 0. The standard InChI is InChI=1S/C7H14N4/c1-11-5-2-7(10-11)6-9-4-3-8/h2,5,9H,3-4,6,8H2,1H3. The first-order chi connectivity index (χ1) is 5.33. The molecule has 1 heterocycles. The van der Waals surface area contributed by atoms with Gasteiger partial charge in [0.25, 0.3) is 0 Å². The van der Waals surface area contributed by atoms with Gasteiger partial charge in [-0.2, -0.15) is 5.10 Å². The van der Waals surface area contributed by atoms with Gasteiger partial charge in [0, 0.05) is 32.9 Å². The molecule has 1 rings (SSSR count). The van der Waals surface area contributed by atoms with Gasteiger partial charge in [0.15, 0.2) is 0 Å². The Hall–Kier alpha value is -0.870. The average molecular weight is 154 g/mol. The van der Waals surface area contributed by atoms with Gasteiger partial charge in [-0.25, -0.2) is 0 Å². The number of hydrogen-bond acceptors (Lipinski definition) is 3. The van der Waals surface area contributed by atoms with E-state index in [1.807, 2.05) is 19.3 Å². The molecule has 4 heteroatoms. The van der Waals surface area contributed by atoms with Gasteiger partial charge in [0.1, 0.15) is 0 Å². The van der Waals surface area contributed by atoms with E-state index in [-0.39, 0.29) is 0 Å². The predicted octanol–water partition coefficient (Wildman–Crippen LogP) is -0.532. The van der Waals surface area contributed by atoms with Crippen molar-refractivity contribution in [1.82, 2.24) is 15.1 Å². The molecule has 1 aromatic heterocycles. The Kier molecular flexibility index (Phi) is 3.07. The van der Waals surface area contributed by atoms with Crippen LogP contribution in [-0.2, 0) is 13.6 Å². The van der Waals surface area contributed by atoms with Crippen LogP contribution in [0.4, 0.5) is 0 Å². The minimum Gasteiger partial charge on any atom is -0.329 e. The Bertz CT molecular complexity index is 206. The Labute approximate surface area is 66.4 Å². The zero-order valence-corrected chi connectivity index (χ0v) is 6.75. The molecule has 0 aliphatic rings. The van der Waals surface area contributed by atoms with Gasteiger partial charge < -0.3 is 11.1 Å². The summed E-state index contributed by atoms with van der Waals surface area (Å²) in [5, 5.41) is 7.36. The van der Waals surface area contributed by atoms with Crippen molar-refractivity contribution in [3.05, 3.63) is 18.0 Å². The van der Waals surface area contributed by atoms with Crippen molar-refractivity contribution in [1.29, 1.82) is 0 Å². The van der Waals surface area contributed by atoms with Crippen molar-refractivity contribution in [2.24, 2.45) is 12.8 Å². The Morgan fingerprint density at radius 2 is 2.55 bits per heavy atom. The van der Waals surface area contributed by atoms with E-state index in [0.717, 1.165) is 18.8 Å². The maximum absolute atomic E-state index is 5.31. The summed E-state index contributed by atoms with van der Waals surface area (Å²) >= 11 is 0. The number of rotatable bonds is 4. The lowest BCUT2D eigenvalue weighted by atomic mass is 10.4. The van der Waals surface area contributed by atoms with Gasteiger partial charge in [0.05, 0.1) is 5.69 Å². The minimum atomic E-state index is 0.673. The highest BCUT2D eigenvalue weighted by Gasteiger charge is 1.93. The minimum absolute atomic E-state index is 0.673. The Morgan fingerprint density at radius 3 is 3.09 bits per heavy atom. The first kappa shape index (κ1) is 8.23. The van der Waals surface area contributed by atoms with Crippen LogP contribution >= 0.6 is 0 Å². The van der Waals surface area contributed by atoms with Crippen molar-refractivity contribution in [3.63, 3.8) is 0 Å². The molecule has 0 aromatic carbocycles. The number of nitrogens with one attached hydrogen (secondary N) is 1. The number of nitrogens with zero attached hydrogens (tertiary/aromatic N) is 2. The largest absolute Gasteiger partial charge is 0.329 e. The van der Waals surface area contributed by atoms with Crippen LogP contribution in [0.25, 0.3) is 0 Å². The fourth-order valence-electron chi connectivity index (χ4n) is 0.876. The third kappa shape index (κ3) is 2.69. The fourth-order valence-corrected chi connectivity index (χ4v) is 0.876. The smallest absolute Gasteiger partial charge is 0.0762 e. The van der Waals surface area contributed by atoms with Gasteiger partial charge in [-0.05, 0) is 6.07 Å². The third-order valence-electron chi connectivity index (χ3n) is 1.40. The molecule has 3 N–H and O–H groups in total. The first-order valence-electron chi connectivity index (χ1n) is 3.72. The van der Waals surface area contributed by atoms with Crippen LogP contribution in [-0.4, -0.2) is 22.9 Å². The average Bonchev–Trinajstić information content (AvgIpc) is 2.37. The molecule has 0 aliphatic heterocycles. The van der Waals surface area contributed by atoms with Crippen molar-refractivity contribution in [3.8, 4) is 0 Å². The van der Waals surface area contributed by atoms with E-state index in [2.05, 4.69) is 10.4 Å². The molecule has 62 valence electrons. The molecular weight excluding hydrogens is 140 g/mol. The van der Waals surface area contributed by atoms with Crippen molar-refractivity contribution < 1.29 is 0 Å². The summed E-state index contributed by atoms with van der Waals surface area (Å²) in [5.41, 5.74) is 6.37. The van der Waals surface area contributed by atoms with E-state index in [0.29, 0.717) is 6.54 Å². The SMILES string of the molecule is Cn1ccc(CNCCN)n1. The van der Waals surface area contributed by atoms with E-state index in [1.165, 1.54) is 0 Å². The number of hydrogen-bond donors (Lipinski definition) is 2. The molecule has 4 nitrogen and oxygen atoms in total. The van der Waals surface area contributed by atoms with Gasteiger partial charge in [-0.3, -0.25) is 4.68 Å². The molecular formula is C7H14N4. The Morgan fingerprint density at radius 1 is 1.73 bits per heavy atom. The monoisotopic (exact) mass is 154 g/mol. The van der Waals surface area contributed by atoms with E-state index in [4.69, 9.17) is 5.73 Å². The molecule has 0 aliphatic carbocycles. The van der Waals surface area contributed by atoms with Gasteiger partial charge in [0.2, 0.25) is 0 Å². The van der Waals surface area contributed by atoms with E-state index < -0.39 is 0 Å². The number of nitrogens with two attached hydrogens (primary N) is 1. The second-order valence-corrected chi connectivity index (χ2v) is 2.45. The number of aromatic nitrogens is 2. The molecule has 11 heavy (non-hydrogen) atoms. The van der Waals surface area contributed by atoms with Crippen LogP contribution in [0.5, 0.6) is 0 Å². The maximum atomic E-state index is 5.31. The molecule has 1 aromatic rings. The normalized spacial score (nSPS) is 10.4. The van der Waals surface area contributed by atoms with Crippen molar-refractivity contribution in [2.75, 3.05) is 13.1 Å². The zero-order chi connectivity index (χ0) is 8.10. The lowest BCUT2D eigenvalue weighted by Crippen LogP contribution is -2.22. The third-order valence-corrected chi connectivity index (χ3v) is 1.40. The van der Waals surface area contributed by atoms with Gasteiger partial charge in [-0.15, -0.1) is 0 Å². The second kappa shape index (κ2) is 4.10. The molecule has 0 unspecified atom stereocenters. The molecule has 0 bridgehead atoms. The quantitative estimate of drug-likeness (QED) is 0.573. The van der Waals surface area contributed by atoms with Crippen LogP contribution in [0.1, 0.15) is 5.69 Å². The van der Waals surface area contributed by atoms with Gasteiger partial charge in [-0.1, -0.05) is 0 Å². The molecule has 0 atom stereocenters. The molecule has 0 saturated heterocycles. The lowest BCUT2D eigenvalue weighted by Gasteiger charge is -1.97. The summed E-state index contributed by atoms with van der Waals surface area (Å²) < 4.78 is 1.79. The predicted molar refractivity (Wildman–Crippen MR) is 44.0 cm³/mol. The topological polar surface area (TPSA) is 55.9 Å². The summed E-state index contributed by atoms with van der Waals surface area (Å²) in [7, 11) is 1.91. The number of aryl methyl sites for hydroxylation is 1. The highest BCUT2D eigenvalue weighted by molar-refractivity contribution is 4.97. The molecule has 0 radical (unpaired) electrons. The summed E-state index contributed by atoms with van der Waals surface area (Å²) in [6.07, 6.45) is 1.93. The molecule has 0 saturated carbocycles. The van der Waals surface area contributed by atoms with Crippen LogP contribution in [0, 0.1) is 0 Å². The van der Waals surface area contributed by atoms with Crippen LogP contribution in [0.3, 0.4) is 0 Å². The van der Waals surface area contributed by atoms with E-state index in [9.17, 15) is 0 Å². The van der Waals surface area contributed by atoms with E-state index in [1.54, 1.807) is 4.68 Å². The second-order valence-electron chi connectivity index (χ2n) is 2.45. The zero-order valence-electron chi connectivity index (χ0n) is 6.75. The van der Waals surface area contributed by atoms with Crippen molar-refractivity contribution in [2.45, 2.75) is 6.54 Å². The maximum Gasteiger partial charge on any atom is 0.0762 e. The van der Waals surface area contributed by atoms with Crippen LogP contribution in [0.2, 0.25) is 0 Å². The molecule has 0 amide bonds. The Balaban J connectivity index is 2.27. The van der Waals surface area contributed by atoms with Crippen molar-refractivity contribution >= 4 is 0 Å².